The zero-order valence-corrected chi connectivity index (χ0v) is 57.7. The Morgan fingerprint density at radius 2 is 0.488 bits per heavy atom. The van der Waals surface area contributed by atoms with Crippen LogP contribution in [-0.2, 0) is 4.79 Å². The summed E-state index contributed by atoms with van der Waals surface area (Å²) in [5.41, 5.74) is 0. The molecule has 2 atom stereocenters. The topological polar surface area (TPSA) is 69.6 Å². The molecular weight excluding hydrogens is 1020 g/mol. The van der Waals surface area contributed by atoms with E-state index in [0.717, 1.165) is 38.5 Å². The minimum atomic E-state index is -0.660. The van der Waals surface area contributed by atoms with Gasteiger partial charge in [0.1, 0.15) is 0 Å². The number of carbonyl (C=O) groups is 1. The van der Waals surface area contributed by atoms with Gasteiger partial charge in [-0.2, -0.15) is 0 Å². The van der Waals surface area contributed by atoms with Crippen LogP contribution in [0, 0.1) is 0 Å². The lowest BCUT2D eigenvalue weighted by Crippen LogP contribution is -2.45. The Bertz CT molecular complexity index is 1290. The van der Waals surface area contributed by atoms with Crippen LogP contribution in [0.15, 0.2) is 36.5 Å². The van der Waals surface area contributed by atoms with Crippen LogP contribution in [0.3, 0.4) is 0 Å². The van der Waals surface area contributed by atoms with Crippen LogP contribution < -0.4 is 5.32 Å². The Hall–Kier alpha value is -1.39. The molecule has 4 nitrogen and oxygen atoms in total. The van der Waals surface area contributed by atoms with Crippen LogP contribution in [0.1, 0.15) is 450 Å². The van der Waals surface area contributed by atoms with E-state index in [-0.39, 0.29) is 12.5 Å². The summed E-state index contributed by atoms with van der Waals surface area (Å²) in [6.45, 7) is 4.40. The van der Waals surface area contributed by atoms with Crippen molar-refractivity contribution in [2.24, 2.45) is 0 Å². The van der Waals surface area contributed by atoms with E-state index in [1.54, 1.807) is 0 Å². The van der Waals surface area contributed by atoms with Crippen molar-refractivity contribution in [2.75, 3.05) is 6.61 Å². The average Bonchev–Trinajstić information content (AvgIpc) is 3.51. The third kappa shape index (κ3) is 71.4. The van der Waals surface area contributed by atoms with Gasteiger partial charge in [0.05, 0.1) is 18.8 Å². The maximum atomic E-state index is 12.6. The van der Waals surface area contributed by atoms with Crippen molar-refractivity contribution in [2.45, 2.75) is 463 Å². The smallest absolute Gasteiger partial charge is 0.220 e. The second-order valence-electron chi connectivity index (χ2n) is 27.1. The molecule has 0 aromatic heterocycles. The number of carbonyl (C=O) groups excluding carboxylic acids is 1. The monoisotopic (exact) mass is 1180 g/mol. The molecule has 0 saturated carbocycles. The van der Waals surface area contributed by atoms with E-state index in [4.69, 9.17) is 0 Å². The highest BCUT2D eigenvalue weighted by Crippen LogP contribution is 2.20. The lowest BCUT2D eigenvalue weighted by molar-refractivity contribution is -0.123. The van der Waals surface area contributed by atoms with E-state index < -0.39 is 12.1 Å². The second kappa shape index (κ2) is 75.9. The SMILES string of the molecule is CCCCCCC/C=C\C/C=C\C/C=C\CCCCCCCCCCCCCCCCCCCCCCCCCCCCC(=O)NC(CO)C(O)CCCCCCCCCCCCCCCCCCCCCCCCCCCCCCCCC. The van der Waals surface area contributed by atoms with Gasteiger partial charge in [-0.3, -0.25) is 4.79 Å². The quantitative estimate of drug-likeness (QED) is 0.0420. The third-order valence-corrected chi connectivity index (χ3v) is 18.7. The average molecular weight is 1180 g/mol. The predicted molar refractivity (Wildman–Crippen MR) is 378 cm³/mol. The van der Waals surface area contributed by atoms with Gasteiger partial charge in [-0.25, -0.2) is 0 Å². The van der Waals surface area contributed by atoms with Crippen molar-refractivity contribution >= 4 is 5.91 Å². The summed E-state index contributed by atoms with van der Waals surface area (Å²) in [6.07, 6.45) is 105. The molecule has 0 aromatic rings. The summed E-state index contributed by atoms with van der Waals surface area (Å²) in [7, 11) is 0. The number of aliphatic hydroxyl groups is 2. The third-order valence-electron chi connectivity index (χ3n) is 18.7. The van der Waals surface area contributed by atoms with Crippen molar-refractivity contribution < 1.29 is 15.0 Å². The zero-order chi connectivity index (χ0) is 60.5. The van der Waals surface area contributed by atoms with Crippen LogP contribution in [0.5, 0.6) is 0 Å². The Kier molecular flexibility index (Phi) is 74.6. The molecule has 3 N–H and O–H groups in total. The molecule has 0 spiro atoms. The fourth-order valence-electron chi connectivity index (χ4n) is 12.7. The molecule has 0 rings (SSSR count). The lowest BCUT2D eigenvalue weighted by atomic mass is 10.0. The van der Waals surface area contributed by atoms with Crippen molar-refractivity contribution in [1.29, 1.82) is 0 Å². The first-order chi connectivity index (χ1) is 41.7. The minimum absolute atomic E-state index is 0.0205. The molecular formula is C80H155NO3. The molecule has 0 saturated heterocycles. The number of hydrogen-bond donors (Lipinski definition) is 3. The number of aliphatic hydroxyl groups excluding tert-OH is 2. The highest BCUT2D eigenvalue weighted by Gasteiger charge is 2.20. The molecule has 1 amide bonds. The van der Waals surface area contributed by atoms with Gasteiger partial charge in [-0.1, -0.05) is 429 Å². The van der Waals surface area contributed by atoms with E-state index in [0.29, 0.717) is 12.8 Å². The molecule has 84 heavy (non-hydrogen) atoms. The first-order valence-electron chi connectivity index (χ1n) is 39.2. The summed E-state index contributed by atoms with van der Waals surface area (Å²) in [4.78, 5) is 12.6. The summed E-state index contributed by atoms with van der Waals surface area (Å²) in [5.74, 6) is -0.0205. The molecule has 4 heteroatoms. The number of nitrogens with one attached hydrogen (secondary N) is 1. The molecule has 2 unspecified atom stereocenters. The first kappa shape index (κ1) is 82.6. The molecule has 0 aliphatic rings. The van der Waals surface area contributed by atoms with Crippen molar-refractivity contribution in [3.8, 4) is 0 Å². The van der Waals surface area contributed by atoms with Crippen molar-refractivity contribution in [3.63, 3.8) is 0 Å². The summed E-state index contributed by atoms with van der Waals surface area (Å²) in [6, 6.07) is -0.536. The van der Waals surface area contributed by atoms with Gasteiger partial charge in [0.25, 0.3) is 0 Å². The van der Waals surface area contributed by atoms with Gasteiger partial charge < -0.3 is 15.5 Å². The molecule has 0 fully saturated rings. The number of allylic oxidation sites excluding steroid dienone is 6. The van der Waals surface area contributed by atoms with Gasteiger partial charge in [0.15, 0.2) is 0 Å². The maximum absolute atomic E-state index is 12.6. The Labute approximate surface area is 529 Å². The number of unbranched alkanes of at least 4 members (excludes halogenated alkanes) is 61. The van der Waals surface area contributed by atoms with Crippen molar-refractivity contribution in [1.82, 2.24) is 5.32 Å². The molecule has 0 aliphatic heterocycles. The van der Waals surface area contributed by atoms with Crippen LogP contribution in [0.25, 0.3) is 0 Å². The van der Waals surface area contributed by atoms with Gasteiger partial charge in [0, 0.05) is 6.42 Å². The fraction of sp³-hybridized carbons (Fsp3) is 0.912. The van der Waals surface area contributed by atoms with Crippen LogP contribution in [0.4, 0.5) is 0 Å². The Balaban J connectivity index is 3.36. The second-order valence-corrected chi connectivity index (χ2v) is 27.1. The zero-order valence-electron chi connectivity index (χ0n) is 57.7. The number of amides is 1. The highest BCUT2D eigenvalue weighted by atomic mass is 16.3. The summed E-state index contributed by atoms with van der Waals surface area (Å²) >= 11 is 0. The molecule has 0 radical (unpaired) electrons. The van der Waals surface area contributed by atoms with Crippen LogP contribution in [0.2, 0.25) is 0 Å². The first-order valence-corrected chi connectivity index (χ1v) is 39.2. The number of hydrogen-bond acceptors (Lipinski definition) is 3. The standard InChI is InChI=1S/C80H155NO3/c1-3-5-7-9-11-13-15-17-19-21-23-25-27-29-31-33-35-36-37-38-39-40-41-42-43-44-46-48-50-52-54-56-58-60-62-64-66-68-70-72-74-76-80(84)81-78(77-82)79(83)75-73-71-69-67-65-63-61-59-57-55-53-51-49-47-45-34-32-30-28-26-24-22-20-18-16-14-12-10-8-6-4-2/h15,17,21,23,27,29,78-79,82-83H,3-14,16,18-20,22,24-26,28,30-77H2,1-2H3,(H,81,84)/b17-15-,23-21-,29-27-. The molecule has 0 bridgehead atoms. The lowest BCUT2D eigenvalue weighted by Gasteiger charge is -2.22. The molecule has 0 heterocycles. The van der Waals surface area contributed by atoms with Crippen LogP contribution >= 0.6 is 0 Å². The van der Waals surface area contributed by atoms with E-state index in [1.165, 1.54) is 385 Å². The molecule has 498 valence electrons. The predicted octanol–water partition coefficient (Wildman–Crippen LogP) is 27.1. The van der Waals surface area contributed by atoms with E-state index in [1.807, 2.05) is 0 Å². The number of rotatable bonds is 74. The maximum Gasteiger partial charge on any atom is 0.220 e. The summed E-state index contributed by atoms with van der Waals surface area (Å²) < 4.78 is 0. The van der Waals surface area contributed by atoms with Gasteiger partial charge in [0.2, 0.25) is 5.91 Å². The summed E-state index contributed by atoms with van der Waals surface area (Å²) in [5, 5.41) is 23.5. The van der Waals surface area contributed by atoms with E-state index in [2.05, 4.69) is 55.6 Å². The van der Waals surface area contributed by atoms with Gasteiger partial charge in [-0.15, -0.1) is 0 Å². The van der Waals surface area contributed by atoms with Crippen LogP contribution in [-0.4, -0.2) is 34.9 Å². The van der Waals surface area contributed by atoms with Gasteiger partial charge >= 0.3 is 0 Å². The normalized spacial score (nSPS) is 12.8. The van der Waals surface area contributed by atoms with E-state index >= 15 is 0 Å². The molecule has 0 aliphatic carbocycles. The van der Waals surface area contributed by atoms with Gasteiger partial charge in [-0.05, 0) is 51.4 Å². The largest absolute Gasteiger partial charge is 0.394 e. The van der Waals surface area contributed by atoms with Crippen molar-refractivity contribution in [3.05, 3.63) is 36.5 Å². The Morgan fingerprint density at radius 3 is 0.726 bits per heavy atom. The molecule has 0 aromatic carbocycles. The fourth-order valence-corrected chi connectivity index (χ4v) is 12.7. The minimum Gasteiger partial charge on any atom is -0.394 e. The van der Waals surface area contributed by atoms with E-state index in [9.17, 15) is 15.0 Å². The Morgan fingerprint density at radius 1 is 0.286 bits per heavy atom. The highest BCUT2D eigenvalue weighted by molar-refractivity contribution is 5.76.